The Bertz CT molecular complexity index is 546. The van der Waals surface area contributed by atoms with Crippen molar-refractivity contribution in [3.8, 4) is 0 Å². The summed E-state index contributed by atoms with van der Waals surface area (Å²) in [7, 11) is 0. The van der Waals surface area contributed by atoms with Gasteiger partial charge in [-0.25, -0.2) is 4.79 Å². The van der Waals surface area contributed by atoms with Crippen LogP contribution in [0.25, 0.3) is 0 Å². The van der Waals surface area contributed by atoms with E-state index < -0.39 is 5.60 Å². The third kappa shape index (κ3) is 3.76. The number of ether oxygens (including phenoxy) is 1. The number of carbonyl (C=O) groups is 1. The van der Waals surface area contributed by atoms with Crippen LogP contribution in [0.15, 0.2) is 12.1 Å². The zero-order valence-corrected chi connectivity index (χ0v) is 13.7. The molecule has 1 aromatic carbocycles. The molecular formula is C17H26N2O2. The van der Waals surface area contributed by atoms with E-state index in [9.17, 15) is 4.79 Å². The van der Waals surface area contributed by atoms with Gasteiger partial charge in [-0.1, -0.05) is 17.7 Å². The Morgan fingerprint density at radius 2 is 2.00 bits per heavy atom. The van der Waals surface area contributed by atoms with E-state index in [1.54, 1.807) is 4.90 Å². The second kappa shape index (κ2) is 5.68. The Morgan fingerprint density at radius 1 is 1.33 bits per heavy atom. The molecule has 0 saturated heterocycles. The molecule has 1 aliphatic rings. The van der Waals surface area contributed by atoms with Crippen LogP contribution in [0.5, 0.6) is 0 Å². The molecule has 2 rings (SSSR count). The lowest BCUT2D eigenvalue weighted by Crippen LogP contribution is -2.36. The van der Waals surface area contributed by atoms with Crippen LogP contribution in [0, 0.1) is 13.8 Å². The molecule has 2 N–H and O–H groups in total. The van der Waals surface area contributed by atoms with Crippen LogP contribution in [-0.4, -0.2) is 23.1 Å². The summed E-state index contributed by atoms with van der Waals surface area (Å²) in [6, 6.07) is 4.27. The SMILES string of the molecule is Cc1cc(C)c2c(c1)[C@@H](N)CCN(C(=O)OC(C)(C)C)C2. The first-order valence-corrected chi connectivity index (χ1v) is 7.51. The van der Waals surface area contributed by atoms with Crippen LogP contribution in [0.2, 0.25) is 0 Å². The fourth-order valence-corrected chi connectivity index (χ4v) is 2.78. The zero-order valence-electron chi connectivity index (χ0n) is 13.7. The largest absolute Gasteiger partial charge is 0.444 e. The van der Waals surface area contributed by atoms with E-state index in [1.165, 1.54) is 16.7 Å². The number of amides is 1. The molecule has 1 amide bonds. The van der Waals surface area contributed by atoms with Crippen molar-refractivity contribution in [1.82, 2.24) is 4.90 Å². The lowest BCUT2D eigenvalue weighted by Gasteiger charge is -2.27. The second-order valence-electron chi connectivity index (χ2n) is 6.95. The molecule has 1 aliphatic heterocycles. The molecule has 1 aromatic rings. The zero-order chi connectivity index (χ0) is 15.8. The molecule has 0 bridgehead atoms. The van der Waals surface area contributed by atoms with E-state index in [2.05, 4.69) is 26.0 Å². The summed E-state index contributed by atoms with van der Waals surface area (Å²) in [4.78, 5) is 14.1. The second-order valence-corrected chi connectivity index (χ2v) is 6.95. The van der Waals surface area contributed by atoms with Crippen molar-refractivity contribution in [3.05, 3.63) is 34.4 Å². The monoisotopic (exact) mass is 290 g/mol. The minimum atomic E-state index is -0.476. The molecule has 4 heteroatoms. The van der Waals surface area contributed by atoms with Crippen molar-refractivity contribution in [1.29, 1.82) is 0 Å². The van der Waals surface area contributed by atoms with Crippen molar-refractivity contribution < 1.29 is 9.53 Å². The maximum absolute atomic E-state index is 12.3. The van der Waals surface area contributed by atoms with Gasteiger partial charge in [-0.2, -0.15) is 0 Å². The van der Waals surface area contributed by atoms with Gasteiger partial charge in [-0.15, -0.1) is 0 Å². The third-order valence-corrected chi connectivity index (χ3v) is 3.76. The quantitative estimate of drug-likeness (QED) is 0.796. The predicted molar refractivity (Wildman–Crippen MR) is 84.1 cm³/mol. The molecule has 0 radical (unpaired) electrons. The van der Waals surface area contributed by atoms with Crippen molar-refractivity contribution in [2.75, 3.05) is 6.54 Å². The first-order valence-electron chi connectivity index (χ1n) is 7.51. The average molecular weight is 290 g/mol. The van der Waals surface area contributed by atoms with Crippen LogP contribution in [0.3, 0.4) is 0 Å². The minimum absolute atomic E-state index is 0.0222. The molecule has 116 valence electrons. The molecule has 0 aromatic heterocycles. The predicted octanol–water partition coefficient (Wildman–Crippen LogP) is 3.44. The van der Waals surface area contributed by atoms with E-state index in [0.29, 0.717) is 13.1 Å². The number of fused-ring (bicyclic) bond motifs is 1. The lowest BCUT2D eigenvalue weighted by molar-refractivity contribution is 0.0234. The summed E-state index contributed by atoms with van der Waals surface area (Å²) < 4.78 is 5.49. The van der Waals surface area contributed by atoms with E-state index >= 15 is 0 Å². The van der Waals surface area contributed by atoms with Gasteiger partial charge in [0.05, 0.1) is 0 Å². The van der Waals surface area contributed by atoms with E-state index in [1.807, 2.05) is 20.8 Å². The van der Waals surface area contributed by atoms with Gasteiger partial charge in [-0.05, 0) is 57.7 Å². The van der Waals surface area contributed by atoms with Crippen LogP contribution >= 0.6 is 0 Å². The Morgan fingerprint density at radius 3 is 2.62 bits per heavy atom. The first-order chi connectivity index (χ1) is 9.67. The number of rotatable bonds is 0. The van der Waals surface area contributed by atoms with Gasteiger partial charge in [0.25, 0.3) is 0 Å². The Balaban J connectivity index is 2.29. The Labute approximate surface area is 127 Å². The molecule has 0 saturated carbocycles. The molecule has 0 unspecified atom stereocenters. The summed E-state index contributed by atoms with van der Waals surface area (Å²) in [5.74, 6) is 0. The van der Waals surface area contributed by atoms with Gasteiger partial charge in [-0.3, -0.25) is 0 Å². The highest BCUT2D eigenvalue weighted by Gasteiger charge is 2.27. The fourth-order valence-electron chi connectivity index (χ4n) is 2.78. The van der Waals surface area contributed by atoms with E-state index in [-0.39, 0.29) is 12.1 Å². The molecule has 0 aliphatic carbocycles. The number of carbonyl (C=O) groups excluding carboxylic acids is 1. The Kier molecular flexibility index (Phi) is 4.28. The fraction of sp³-hybridized carbons (Fsp3) is 0.588. The smallest absolute Gasteiger partial charge is 0.410 e. The summed E-state index contributed by atoms with van der Waals surface area (Å²) in [6.07, 6.45) is 0.498. The molecule has 1 heterocycles. The number of nitrogens with zero attached hydrogens (tertiary/aromatic N) is 1. The van der Waals surface area contributed by atoms with Crippen molar-refractivity contribution in [3.63, 3.8) is 0 Å². The maximum Gasteiger partial charge on any atom is 0.410 e. The maximum atomic E-state index is 12.3. The van der Waals surface area contributed by atoms with Gasteiger partial charge in [0.1, 0.15) is 5.60 Å². The van der Waals surface area contributed by atoms with Gasteiger partial charge in [0, 0.05) is 19.1 Å². The lowest BCUT2D eigenvalue weighted by atomic mass is 9.94. The summed E-state index contributed by atoms with van der Waals surface area (Å²) in [6.45, 7) is 11.0. The summed E-state index contributed by atoms with van der Waals surface area (Å²) >= 11 is 0. The van der Waals surface area contributed by atoms with Gasteiger partial charge in [0.15, 0.2) is 0 Å². The number of benzene rings is 1. The Hall–Kier alpha value is -1.55. The highest BCUT2D eigenvalue weighted by Crippen LogP contribution is 2.29. The minimum Gasteiger partial charge on any atom is -0.444 e. The summed E-state index contributed by atoms with van der Waals surface area (Å²) in [5.41, 5.74) is 10.6. The van der Waals surface area contributed by atoms with Gasteiger partial charge in [0.2, 0.25) is 0 Å². The van der Waals surface area contributed by atoms with Gasteiger partial charge >= 0.3 is 6.09 Å². The highest BCUT2D eigenvalue weighted by molar-refractivity contribution is 5.68. The van der Waals surface area contributed by atoms with Crippen LogP contribution in [0.1, 0.15) is 55.5 Å². The number of hydrogen-bond acceptors (Lipinski definition) is 3. The normalized spacial score (nSPS) is 19.0. The summed E-state index contributed by atoms with van der Waals surface area (Å²) in [5, 5.41) is 0. The van der Waals surface area contributed by atoms with Crippen LogP contribution in [-0.2, 0) is 11.3 Å². The molecule has 0 spiro atoms. The third-order valence-electron chi connectivity index (χ3n) is 3.76. The van der Waals surface area contributed by atoms with Crippen molar-refractivity contribution in [2.24, 2.45) is 5.73 Å². The van der Waals surface area contributed by atoms with E-state index in [0.717, 1.165) is 12.0 Å². The topological polar surface area (TPSA) is 55.6 Å². The first kappa shape index (κ1) is 15.8. The highest BCUT2D eigenvalue weighted by atomic mass is 16.6. The molecule has 1 atom stereocenters. The molecule has 0 fully saturated rings. The van der Waals surface area contributed by atoms with Crippen molar-refractivity contribution >= 4 is 6.09 Å². The number of hydrogen-bond donors (Lipinski definition) is 1. The van der Waals surface area contributed by atoms with Crippen molar-refractivity contribution in [2.45, 2.75) is 59.2 Å². The van der Waals surface area contributed by atoms with Crippen LogP contribution in [0.4, 0.5) is 4.79 Å². The molecular weight excluding hydrogens is 264 g/mol. The molecule has 4 nitrogen and oxygen atoms in total. The number of aryl methyl sites for hydroxylation is 2. The van der Waals surface area contributed by atoms with Crippen LogP contribution < -0.4 is 5.73 Å². The average Bonchev–Trinajstić information content (AvgIpc) is 2.48. The number of nitrogens with two attached hydrogens (primary N) is 1. The standard InChI is InChI=1S/C17H26N2O2/c1-11-8-12(2)14-10-19(16(20)21-17(3,4)5)7-6-15(18)13(14)9-11/h8-9,15H,6-7,10,18H2,1-5H3/t15-/m0/s1. The van der Waals surface area contributed by atoms with E-state index in [4.69, 9.17) is 10.5 Å². The molecule has 21 heavy (non-hydrogen) atoms. The van der Waals surface area contributed by atoms with Gasteiger partial charge < -0.3 is 15.4 Å².